The second kappa shape index (κ2) is 12.8. The largest absolute Gasteiger partial charge is 0.480 e. The molecule has 218 valence electrons. The molecule has 0 aliphatic heterocycles. The number of rotatable bonds is 12. The van der Waals surface area contributed by atoms with Crippen molar-refractivity contribution in [3.8, 4) is 11.6 Å². The third kappa shape index (κ3) is 8.03. The van der Waals surface area contributed by atoms with Gasteiger partial charge < -0.3 is 24.4 Å². The van der Waals surface area contributed by atoms with Crippen LogP contribution in [0, 0.1) is 17.0 Å². The Morgan fingerprint density at radius 2 is 1.83 bits per heavy atom. The van der Waals surface area contributed by atoms with E-state index in [1.54, 1.807) is 13.8 Å². The predicted molar refractivity (Wildman–Crippen MR) is 143 cm³/mol. The first-order valence-corrected chi connectivity index (χ1v) is 14.6. The van der Waals surface area contributed by atoms with Crippen molar-refractivity contribution >= 4 is 44.4 Å². The molecule has 1 aromatic heterocycles. The lowest BCUT2D eigenvalue weighted by Gasteiger charge is -2.17. The van der Waals surface area contributed by atoms with Crippen LogP contribution in [-0.2, 0) is 36.9 Å². The third-order valence-electron chi connectivity index (χ3n) is 5.30. The van der Waals surface area contributed by atoms with Crippen LogP contribution in [0.15, 0.2) is 52.5 Å². The first-order valence-electron chi connectivity index (χ1n) is 11.6. The van der Waals surface area contributed by atoms with Crippen molar-refractivity contribution in [1.29, 1.82) is 0 Å². The number of aliphatic carboxylic acids is 1. The Labute approximate surface area is 235 Å². The number of carboxylic acids is 1. The van der Waals surface area contributed by atoms with Crippen molar-refractivity contribution in [2.45, 2.75) is 36.4 Å². The number of anilines is 1. The highest BCUT2D eigenvalue weighted by Gasteiger charge is 2.32. The zero-order chi connectivity index (χ0) is 30.5. The highest BCUT2D eigenvalue weighted by Crippen LogP contribution is 2.37. The fourth-order valence-corrected chi connectivity index (χ4v) is 4.39. The van der Waals surface area contributed by atoms with Gasteiger partial charge in [0.15, 0.2) is 11.1 Å². The number of ether oxygens (including phenoxy) is 2. The minimum Gasteiger partial charge on any atom is -0.480 e. The van der Waals surface area contributed by atoms with Gasteiger partial charge in [-0.05, 0) is 55.3 Å². The summed E-state index contributed by atoms with van der Waals surface area (Å²) in [5.41, 5.74) is -0.0242. The quantitative estimate of drug-likeness (QED) is 0.0884. The molecule has 2 aromatic carbocycles. The number of carbonyl (C=O) groups is 2. The summed E-state index contributed by atoms with van der Waals surface area (Å²) in [4.78, 5) is 42.9. The molecule has 17 heteroatoms. The lowest BCUT2D eigenvalue weighted by atomic mass is 10.1. The maximum Gasteiger partial charge on any atom is 0.373 e. The smallest absolute Gasteiger partial charge is 0.373 e. The molecule has 1 heterocycles. The number of hydrogen-bond donors (Lipinski definition) is 3. The van der Waals surface area contributed by atoms with Gasteiger partial charge >= 0.3 is 23.5 Å². The lowest BCUT2D eigenvalue weighted by Crippen LogP contribution is -2.32. The van der Waals surface area contributed by atoms with E-state index < -0.39 is 66.4 Å². The van der Waals surface area contributed by atoms with E-state index in [2.05, 4.69) is 15.3 Å². The molecule has 3 N–H and O–H groups in total. The Kier molecular flexibility index (Phi) is 9.69. The number of carbonyl (C=O) groups excluding carboxylic acids is 1. The molecule has 0 spiro atoms. The van der Waals surface area contributed by atoms with Crippen molar-refractivity contribution in [2.24, 2.45) is 0 Å². The van der Waals surface area contributed by atoms with Crippen LogP contribution in [0.3, 0.4) is 0 Å². The molecule has 15 nitrogen and oxygen atoms in total. The van der Waals surface area contributed by atoms with E-state index in [9.17, 15) is 42.0 Å². The summed E-state index contributed by atoms with van der Waals surface area (Å²) in [7, 11) is -4.19. The summed E-state index contributed by atoms with van der Waals surface area (Å²) in [5.74, 6) is -3.85. The monoisotopic (exact) mass is 608 g/mol. The summed E-state index contributed by atoms with van der Waals surface area (Å²) >= 11 is -2.26. The van der Waals surface area contributed by atoms with E-state index in [0.717, 1.165) is 6.26 Å². The van der Waals surface area contributed by atoms with Gasteiger partial charge in [-0.2, -0.15) is 9.97 Å². The minimum atomic E-state index is -4.19. The molecule has 2 unspecified atom stereocenters. The number of benzene rings is 2. The highest BCUT2D eigenvalue weighted by atomic mass is 32.2. The van der Waals surface area contributed by atoms with Crippen molar-refractivity contribution in [2.75, 3.05) is 18.2 Å². The van der Waals surface area contributed by atoms with Crippen LogP contribution in [0.1, 0.15) is 28.4 Å². The summed E-state index contributed by atoms with van der Waals surface area (Å²) in [5, 5.41) is 23.4. The van der Waals surface area contributed by atoms with Crippen molar-refractivity contribution < 1.29 is 46.3 Å². The molecular weight excluding hydrogens is 584 g/mol. The maximum absolute atomic E-state index is 12.3. The molecule has 3 aromatic rings. The molecule has 0 bridgehead atoms. The highest BCUT2D eigenvalue weighted by molar-refractivity contribution is 7.90. The van der Waals surface area contributed by atoms with Crippen LogP contribution in [0.5, 0.6) is 11.6 Å². The molecule has 0 radical (unpaired) electrons. The molecule has 2 atom stereocenters. The van der Waals surface area contributed by atoms with E-state index >= 15 is 0 Å². The first kappa shape index (κ1) is 31.1. The average Bonchev–Trinajstić information content (AvgIpc) is 2.87. The number of nitrogens with zero attached hydrogens (tertiary/aromatic N) is 3. The first-order chi connectivity index (χ1) is 19.2. The fraction of sp³-hybridized carbons (Fsp3) is 0.250. The van der Waals surface area contributed by atoms with Crippen LogP contribution in [0.25, 0.3) is 0 Å². The lowest BCUT2D eigenvalue weighted by molar-refractivity contribution is -0.385. The van der Waals surface area contributed by atoms with E-state index in [1.807, 2.05) is 0 Å². The molecule has 0 fully saturated rings. The standard InChI is InChI=1S/C24H24N4O11S2/c1-4-38-23(31)15-9-13(2)10-16(12-15)39-21-19(28(32)33)20(26-24(27-21)41(3,36)37)25-18(22(29)30)11-14-5-7-17(8-6-14)40(34)35/h5-10,12,18H,4,11H2,1-3H3,(H,29,30)(H,34,35)(H,25,26,27). The van der Waals surface area contributed by atoms with Gasteiger partial charge in [0.05, 0.1) is 22.0 Å². The van der Waals surface area contributed by atoms with Gasteiger partial charge in [-0.25, -0.2) is 22.2 Å². The Balaban J connectivity index is 2.10. The van der Waals surface area contributed by atoms with E-state index in [-0.39, 0.29) is 29.2 Å². The normalized spacial score (nSPS) is 12.7. The Morgan fingerprint density at radius 1 is 1.17 bits per heavy atom. The Hall–Kier alpha value is -4.48. The minimum absolute atomic E-state index is 0.0576. The van der Waals surface area contributed by atoms with Crippen LogP contribution in [0.2, 0.25) is 0 Å². The van der Waals surface area contributed by atoms with Gasteiger partial charge in [0, 0.05) is 12.7 Å². The predicted octanol–water partition coefficient (Wildman–Crippen LogP) is 2.75. The molecule has 0 saturated carbocycles. The SMILES string of the molecule is CCOC(=O)c1cc(C)cc(Oc2nc(S(C)(=O)=O)nc(NC(Cc3ccc(S(=O)O)cc3)C(=O)O)c2[N+](=O)[O-])c1. The van der Waals surface area contributed by atoms with Crippen molar-refractivity contribution in [3.05, 3.63) is 69.3 Å². The van der Waals surface area contributed by atoms with Crippen LogP contribution in [0.4, 0.5) is 11.5 Å². The number of hydrogen-bond acceptors (Lipinski definition) is 12. The van der Waals surface area contributed by atoms with Gasteiger partial charge in [0.2, 0.25) is 15.7 Å². The summed E-state index contributed by atoms with van der Waals surface area (Å²) < 4.78 is 55.6. The molecule has 0 amide bonds. The second-order valence-corrected chi connectivity index (χ2v) is 11.4. The van der Waals surface area contributed by atoms with Crippen LogP contribution in [-0.4, -0.2) is 68.0 Å². The topological polar surface area (TPSA) is 225 Å². The number of nitrogens with one attached hydrogen (secondary N) is 1. The molecule has 41 heavy (non-hydrogen) atoms. The summed E-state index contributed by atoms with van der Waals surface area (Å²) in [6.07, 6.45) is 0.467. The number of nitro groups is 1. The van der Waals surface area contributed by atoms with Crippen LogP contribution >= 0.6 is 0 Å². The molecular formula is C24H24N4O11S2. The molecule has 0 saturated heterocycles. The van der Waals surface area contributed by atoms with Gasteiger partial charge in [0.1, 0.15) is 11.8 Å². The van der Waals surface area contributed by atoms with E-state index in [1.165, 1.54) is 42.5 Å². The second-order valence-electron chi connectivity index (χ2n) is 8.53. The Bertz CT molecular complexity index is 1630. The van der Waals surface area contributed by atoms with E-state index in [0.29, 0.717) is 11.1 Å². The number of sulfone groups is 1. The van der Waals surface area contributed by atoms with Crippen molar-refractivity contribution in [3.63, 3.8) is 0 Å². The van der Waals surface area contributed by atoms with Gasteiger partial charge in [-0.15, -0.1) is 0 Å². The summed E-state index contributed by atoms with van der Waals surface area (Å²) in [6, 6.07) is 7.93. The summed E-state index contributed by atoms with van der Waals surface area (Å²) in [6.45, 7) is 3.30. The van der Waals surface area contributed by atoms with Crippen LogP contribution < -0.4 is 10.1 Å². The number of aromatic nitrogens is 2. The molecule has 0 aliphatic rings. The fourth-order valence-electron chi connectivity index (χ4n) is 3.51. The number of carboxylic acid groups (broad SMARTS) is 1. The zero-order valence-electron chi connectivity index (χ0n) is 21.8. The van der Waals surface area contributed by atoms with E-state index in [4.69, 9.17) is 9.47 Å². The van der Waals surface area contributed by atoms with Gasteiger partial charge in [-0.1, -0.05) is 12.1 Å². The molecule has 0 aliphatic carbocycles. The third-order valence-corrected chi connectivity index (χ3v) is 6.82. The average molecular weight is 609 g/mol. The Morgan fingerprint density at radius 3 is 2.37 bits per heavy atom. The number of esters is 1. The van der Waals surface area contributed by atoms with Gasteiger partial charge in [0.25, 0.3) is 5.16 Å². The zero-order valence-corrected chi connectivity index (χ0v) is 23.4. The van der Waals surface area contributed by atoms with Gasteiger partial charge in [-0.3, -0.25) is 10.1 Å². The van der Waals surface area contributed by atoms with Crippen molar-refractivity contribution in [1.82, 2.24) is 9.97 Å². The maximum atomic E-state index is 12.3. The number of aryl methyl sites for hydroxylation is 1. The molecule has 3 rings (SSSR count).